The van der Waals surface area contributed by atoms with E-state index in [2.05, 4.69) is 10.3 Å². The summed E-state index contributed by atoms with van der Waals surface area (Å²) in [6.07, 6.45) is 1.58. The quantitative estimate of drug-likeness (QED) is 0.737. The number of nitrogens with one attached hydrogen (secondary N) is 1. The third-order valence-corrected chi connectivity index (χ3v) is 2.70. The number of hydrogen-bond acceptors (Lipinski definition) is 4. The van der Waals surface area contributed by atoms with Crippen LogP contribution in [0.5, 0.6) is 0 Å². The monoisotopic (exact) mass is 243 g/mol. The number of primary sulfonamides is 1. The van der Waals surface area contributed by atoms with Crippen LogP contribution in [0.4, 0.5) is 0 Å². The number of pyridine rings is 1. The van der Waals surface area contributed by atoms with E-state index in [1.807, 2.05) is 0 Å². The van der Waals surface area contributed by atoms with Crippen LogP contribution in [0.15, 0.2) is 18.3 Å². The summed E-state index contributed by atoms with van der Waals surface area (Å²) < 4.78 is 21.3. The first-order chi connectivity index (χ1) is 7.40. The van der Waals surface area contributed by atoms with E-state index < -0.39 is 10.0 Å². The highest BCUT2D eigenvalue weighted by molar-refractivity contribution is 7.89. The molecule has 1 rings (SSSR count). The molecular formula is C9H13N3O3S. The van der Waals surface area contributed by atoms with Gasteiger partial charge in [-0.3, -0.25) is 9.78 Å². The first-order valence-corrected chi connectivity index (χ1v) is 6.32. The molecule has 7 heteroatoms. The fourth-order valence-electron chi connectivity index (χ4n) is 1.13. The maximum Gasteiger partial charge on any atom is 0.253 e. The fraction of sp³-hybridized carbons (Fsp3) is 0.333. The number of rotatable bonds is 4. The molecule has 1 aromatic rings. The zero-order valence-electron chi connectivity index (χ0n) is 8.80. The van der Waals surface area contributed by atoms with Gasteiger partial charge in [0.05, 0.1) is 11.3 Å². The van der Waals surface area contributed by atoms with Gasteiger partial charge in [-0.05, 0) is 19.1 Å². The van der Waals surface area contributed by atoms with Crippen LogP contribution in [-0.2, 0) is 10.0 Å². The minimum absolute atomic E-state index is 0.00794. The van der Waals surface area contributed by atoms with Crippen molar-refractivity contribution in [3.8, 4) is 0 Å². The van der Waals surface area contributed by atoms with Gasteiger partial charge in [0.25, 0.3) is 5.91 Å². The van der Waals surface area contributed by atoms with Gasteiger partial charge in [0.15, 0.2) is 0 Å². The standard InChI is InChI=1S/C9H13N3O3S/c1-7-8(3-2-4-11-7)9(13)12-5-6-16(10,14)15/h2-4H,5-6H2,1H3,(H,12,13)(H2,10,14,15). The molecule has 0 spiro atoms. The molecule has 1 amide bonds. The summed E-state index contributed by atoms with van der Waals surface area (Å²) in [5.41, 5.74) is 1.02. The summed E-state index contributed by atoms with van der Waals surface area (Å²) in [6, 6.07) is 3.26. The molecular weight excluding hydrogens is 230 g/mol. The molecule has 0 aliphatic carbocycles. The van der Waals surface area contributed by atoms with Gasteiger partial charge in [0.2, 0.25) is 10.0 Å². The number of hydrogen-bond donors (Lipinski definition) is 2. The zero-order chi connectivity index (χ0) is 12.2. The van der Waals surface area contributed by atoms with Crippen LogP contribution in [0, 0.1) is 6.92 Å². The molecule has 0 aliphatic heterocycles. The molecule has 0 aliphatic rings. The van der Waals surface area contributed by atoms with Gasteiger partial charge < -0.3 is 5.32 Å². The maximum absolute atomic E-state index is 11.6. The lowest BCUT2D eigenvalue weighted by molar-refractivity contribution is 0.0955. The highest BCUT2D eigenvalue weighted by Gasteiger charge is 2.09. The SMILES string of the molecule is Cc1ncccc1C(=O)NCCS(N)(=O)=O. The minimum atomic E-state index is -3.54. The Bertz CT molecular complexity index is 485. The van der Waals surface area contributed by atoms with E-state index >= 15 is 0 Å². The number of carbonyl (C=O) groups excluding carboxylic acids is 1. The number of nitrogens with zero attached hydrogens (tertiary/aromatic N) is 1. The number of aromatic nitrogens is 1. The summed E-state index contributed by atoms with van der Waals surface area (Å²) in [6.45, 7) is 1.70. The maximum atomic E-state index is 11.6. The Hall–Kier alpha value is -1.47. The summed E-state index contributed by atoms with van der Waals surface area (Å²) in [7, 11) is -3.54. The van der Waals surface area contributed by atoms with Crippen molar-refractivity contribution in [2.75, 3.05) is 12.3 Å². The molecule has 0 saturated carbocycles. The first-order valence-electron chi connectivity index (χ1n) is 4.60. The third kappa shape index (κ3) is 3.95. The lowest BCUT2D eigenvalue weighted by Crippen LogP contribution is -2.31. The average molecular weight is 243 g/mol. The molecule has 6 nitrogen and oxygen atoms in total. The number of carbonyl (C=O) groups is 1. The van der Waals surface area contributed by atoms with Crippen LogP contribution in [0.3, 0.4) is 0 Å². The van der Waals surface area contributed by atoms with E-state index in [9.17, 15) is 13.2 Å². The third-order valence-electron chi connectivity index (χ3n) is 1.92. The summed E-state index contributed by atoms with van der Waals surface area (Å²) in [4.78, 5) is 15.5. The van der Waals surface area contributed by atoms with Gasteiger partial charge >= 0.3 is 0 Å². The number of aryl methyl sites for hydroxylation is 1. The molecule has 0 radical (unpaired) electrons. The minimum Gasteiger partial charge on any atom is -0.351 e. The average Bonchev–Trinajstić information content (AvgIpc) is 2.16. The Labute approximate surface area is 93.9 Å². The van der Waals surface area contributed by atoms with Crippen LogP contribution in [0.1, 0.15) is 16.1 Å². The van der Waals surface area contributed by atoms with Crippen molar-refractivity contribution >= 4 is 15.9 Å². The highest BCUT2D eigenvalue weighted by Crippen LogP contribution is 2.02. The van der Waals surface area contributed by atoms with Crippen LogP contribution >= 0.6 is 0 Å². The molecule has 16 heavy (non-hydrogen) atoms. The molecule has 0 saturated heterocycles. The van der Waals surface area contributed by atoms with Crippen molar-refractivity contribution < 1.29 is 13.2 Å². The predicted octanol–water partition coefficient (Wildman–Crippen LogP) is -0.592. The molecule has 0 unspecified atom stereocenters. The van der Waals surface area contributed by atoms with E-state index in [-0.39, 0.29) is 18.2 Å². The van der Waals surface area contributed by atoms with Crippen molar-refractivity contribution in [1.82, 2.24) is 10.3 Å². The van der Waals surface area contributed by atoms with Crippen LogP contribution in [0.25, 0.3) is 0 Å². The lowest BCUT2D eigenvalue weighted by Gasteiger charge is -2.05. The van der Waals surface area contributed by atoms with E-state index in [1.54, 1.807) is 25.3 Å². The second-order valence-electron chi connectivity index (χ2n) is 3.26. The van der Waals surface area contributed by atoms with Crippen LogP contribution < -0.4 is 10.5 Å². The first kappa shape index (κ1) is 12.6. The molecule has 0 fully saturated rings. The van der Waals surface area contributed by atoms with Crippen molar-refractivity contribution in [3.63, 3.8) is 0 Å². The second kappa shape index (κ2) is 5.04. The topological polar surface area (TPSA) is 102 Å². The number of sulfonamides is 1. The molecule has 1 aromatic heterocycles. The summed E-state index contributed by atoms with van der Waals surface area (Å²) in [5.74, 6) is -0.632. The fourth-order valence-corrected chi connectivity index (χ4v) is 1.51. The molecule has 3 N–H and O–H groups in total. The summed E-state index contributed by atoms with van der Waals surface area (Å²) in [5, 5.41) is 7.26. The largest absolute Gasteiger partial charge is 0.351 e. The van der Waals surface area contributed by atoms with Crippen molar-refractivity contribution in [2.24, 2.45) is 5.14 Å². The van der Waals surface area contributed by atoms with Gasteiger partial charge in [0.1, 0.15) is 0 Å². The molecule has 0 atom stereocenters. The Morgan fingerprint density at radius 2 is 2.25 bits per heavy atom. The molecule has 0 bridgehead atoms. The van der Waals surface area contributed by atoms with Crippen molar-refractivity contribution in [2.45, 2.75) is 6.92 Å². The molecule has 1 heterocycles. The Balaban J connectivity index is 2.57. The Kier molecular flexibility index (Phi) is 3.97. The van der Waals surface area contributed by atoms with Crippen molar-refractivity contribution in [1.29, 1.82) is 0 Å². The van der Waals surface area contributed by atoms with E-state index in [0.717, 1.165) is 0 Å². The molecule has 88 valence electrons. The smallest absolute Gasteiger partial charge is 0.253 e. The van der Waals surface area contributed by atoms with Gasteiger partial charge in [-0.15, -0.1) is 0 Å². The van der Waals surface area contributed by atoms with Crippen LogP contribution in [0.2, 0.25) is 0 Å². The number of nitrogens with two attached hydrogens (primary N) is 1. The predicted molar refractivity (Wildman–Crippen MR) is 59.3 cm³/mol. The Morgan fingerprint density at radius 1 is 1.56 bits per heavy atom. The second-order valence-corrected chi connectivity index (χ2v) is 4.99. The van der Waals surface area contributed by atoms with E-state index in [1.165, 1.54) is 0 Å². The van der Waals surface area contributed by atoms with Gasteiger partial charge in [-0.2, -0.15) is 0 Å². The van der Waals surface area contributed by atoms with Gasteiger partial charge in [-0.25, -0.2) is 13.6 Å². The lowest BCUT2D eigenvalue weighted by atomic mass is 10.2. The summed E-state index contributed by atoms with van der Waals surface area (Å²) >= 11 is 0. The van der Waals surface area contributed by atoms with Crippen molar-refractivity contribution in [3.05, 3.63) is 29.6 Å². The number of amides is 1. The highest BCUT2D eigenvalue weighted by atomic mass is 32.2. The van der Waals surface area contributed by atoms with E-state index in [4.69, 9.17) is 5.14 Å². The Morgan fingerprint density at radius 3 is 2.81 bits per heavy atom. The molecule has 0 aromatic carbocycles. The normalized spacial score (nSPS) is 11.1. The van der Waals surface area contributed by atoms with Gasteiger partial charge in [0, 0.05) is 18.4 Å². The zero-order valence-corrected chi connectivity index (χ0v) is 9.62. The van der Waals surface area contributed by atoms with Gasteiger partial charge in [-0.1, -0.05) is 0 Å². The van der Waals surface area contributed by atoms with Crippen LogP contribution in [-0.4, -0.2) is 31.6 Å². The van der Waals surface area contributed by atoms with E-state index in [0.29, 0.717) is 11.3 Å².